The summed E-state index contributed by atoms with van der Waals surface area (Å²) in [5.74, 6) is 0.908. The molecule has 6 nitrogen and oxygen atoms in total. The van der Waals surface area contributed by atoms with Crippen molar-refractivity contribution in [1.82, 2.24) is 15.0 Å². The van der Waals surface area contributed by atoms with Crippen LogP contribution in [0.25, 0.3) is 11.0 Å². The molecule has 0 aliphatic rings. The number of para-hydroxylation sites is 2. The van der Waals surface area contributed by atoms with Crippen LogP contribution in [0.15, 0.2) is 72.8 Å². The van der Waals surface area contributed by atoms with Gasteiger partial charge in [-0.15, -0.1) is 5.10 Å². The maximum atomic E-state index is 12.5. The van der Waals surface area contributed by atoms with Gasteiger partial charge in [0.2, 0.25) is 5.91 Å². The van der Waals surface area contributed by atoms with Crippen molar-refractivity contribution in [3.05, 3.63) is 77.8 Å². The zero-order chi connectivity index (χ0) is 18.6. The maximum absolute atomic E-state index is 12.5. The molecule has 3 aromatic carbocycles. The van der Waals surface area contributed by atoms with Gasteiger partial charge in [-0.05, 0) is 42.5 Å². The number of anilines is 1. The Morgan fingerprint density at radius 3 is 2.67 bits per heavy atom. The molecular weight excluding hydrogens is 364 g/mol. The Labute approximate surface area is 160 Å². The van der Waals surface area contributed by atoms with Gasteiger partial charge in [-0.2, -0.15) is 0 Å². The van der Waals surface area contributed by atoms with Gasteiger partial charge in [0.1, 0.15) is 17.8 Å². The van der Waals surface area contributed by atoms with Gasteiger partial charge in [0, 0.05) is 5.02 Å². The van der Waals surface area contributed by atoms with Gasteiger partial charge in [0.15, 0.2) is 5.75 Å². The molecule has 1 aromatic heterocycles. The summed E-state index contributed by atoms with van der Waals surface area (Å²) in [6, 6.07) is 21.9. The predicted octanol–water partition coefficient (Wildman–Crippen LogP) is 4.52. The van der Waals surface area contributed by atoms with E-state index in [1.54, 1.807) is 22.9 Å². The topological polar surface area (TPSA) is 69.0 Å². The zero-order valence-electron chi connectivity index (χ0n) is 14.2. The molecule has 0 spiro atoms. The third-order valence-corrected chi connectivity index (χ3v) is 4.14. The highest BCUT2D eigenvalue weighted by Crippen LogP contribution is 2.32. The number of halogens is 1. The lowest BCUT2D eigenvalue weighted by atomic mass is 10.2. The van der Waals surface area contributed by atoms with Crippen LogP contribution >= 0.6 is 11.6 Å². The van der Waals surface area contributed by atoms with Crippen LogP contribution in [-0.2, 0) is 11.3 Å². The largest absolute Gasteiger partial charge is 0.455 e. The van der Waals surface area contributed by atoms with E-state index in [1.165, 1.54) is 0 Å². The number of nitrogens with zero attached hydrogens (tertiary/aromatic N) is 3. The van der Waals surface area contributed by atoms with Crippen molar-refractivity contribution in [3.8, 4) is 11.5 Å². The van der Waals surface area contributed by atoms with E-state index in [-0.39, 0.29) is 12.5 Å². The summed E-state index contributed by atoms with van der Waals surface area (Å²) in [7, 11) is 0. The maximum Gasteiger partial charge on any atom is 0.246 e. The first kappa shape index (κ1) is 17.1. The van der Waals surface area contributed by atoms with Crippen LogP contribution in [0.1, 0.15) is 0 Å². The van der Waals surface area contributed by atoms with E-state index < -0.39 is 0 Å². The van der Waals surface area contributed by atoms with E-state index in [2.05, 4.69) is 15.6 Å². The first-order valence-corrected chi connectivity index (χ1v) is 8.67. The van der Waals surface area contributed by atoms with E-state index in [0.29, 0.717) is 22.2 Å². The van der Waals surface area contributed by atoms with Crippen LogP contribution in [0, 0.1) is 0 Å². The van der Waals surface area contributed by atoms with E-state index >= 15 is 0 Å². The number of amides is 1. The molecule has 4 aromatic rings. The summed E-state index contributed by atoms with van der Waals surface area (Å²) in [5, 5.41) is 11.4. The Bertz CT molecular complexity index is 1100. The molecule has 0 unspecified atom stereocenters. The molecule has 7 heteroatoms. The number of hydrogen-bond acceptors (Lipinski definition) is 4. The number of carbonyl (C=O) groups is 1. The fraction of sp³-hybridized carbons (Fsp3) is 0.0500. The van der Waals surface area contributed by atoms with Crippen molar-refractivity contribution in [2.24, 2.45) is 0 Å². The number of benzene rings is 3. The van der Waals surface area contributed by atoms with Gasteiger partial charge in [-0.1, -0.05) is 47.1 Å². The standard InChI is InChI=1S/C20H15ClN4O2/c21-14-10-11-19(27-15-6-2-1-3-7-15)17(12-14)22-20(26)13-25-18-9-5-4-8-16(18)23-24-25/h1-12H,13H2,(H,22,26). The highest BCUT2D eigenvalue weighted by atomic mass is 35.5. The lowest BCUT2D eigenvalue weighted by Gasteiger charge is -2.13. The number of fused-ring (bicyclic) bond motifs is 1. The average Bonchev–Trinajstić information content (AvgIpc) is 3.08. The smallest absolute Gasteiger partial charge is 0.246 e. The molecule has 0 saturated carbocycles. The first-order valence-electron chi connectivity index (χ1n) is 8.29. The summed E-state index contributed by atoms with van der Waals surface area (Å²) in [4.78, 5) is 12.5. The van der Waals surface area contributed by atoms with Gasteiger partial charge in [-0.25, -0.2) is 4.68 Å². The molecular formula is C20H15ClN4O2. The van der Waals surface area contributed by atoms with Gasteiger partial charge >= 0.3 is 0 Å². The van der Waals surface area contributed by atoms with Gasteiger partial charge in [0.05, 0.1) is 11.2 Å². The molecule has 0 bridgehead atoms. The summed E-state index contributed by atoms with van der Waals surface area (Å²) >= 11 is 6.09. The Morgan fingerprint density at radius 1 is 1.04 bits per heavy atom. The summed E-state index contributed by atoms with van der Waals surface area (Å²) < 4.78 is 7.41. The number of ether oxygens (including phenoxy) is 1. The Kier molecular flexibility index (Phi) is 4.72. The first-order chi connectivity index (χ1) is 13.2. The number of carbonyl (C=O) groups excluding carboxylic acids is 1. The van der Waals surface area contributed by atoms with Crippen molar-refractivity contribution in [1.29, 1.82) is 0 Å². The van der Waals surface area contributed by atoms with Gasteiger partial charge in [0.25, 0.3) is 0 Å². The minimum Gasteiger partial charge on any atom is -0.455 e. The lowest BCUT2D eigenvalue weighted by molar-refractivity contribution is -0.116. The van der Waals surface area contributed by atoms with Crippen molar-refractivity contribution in [2.75, 3.05) is 5.32 Å². The van der Waals surface area contributed by atoms with Crippen molar-refractivity contribution < 1.29 is 9.53 Å². The van der Waals surface area contributed by atoms with Crippen LogP contribution < -0.4 is 10.1 Å². The molecule has 1 amide bonds. The average molecular weight is 379 g/mol. The molecule has 4 rings (SSSR count). The molecule has 0 atom stereocenters. The molecule has 0 fully saturated rings. The van der Waals surface area contributed by atoms with Crippen LogP contribution in [0.3, 0.4) is 0 Å². The molecule has 27 heavy (non-hydrogen) atoms. The third kappa shape index (κ3) is 3.91. The van der Waals surface area contributed by atoms with Crippen LogP contribution in [0.4, 0.5) is 5.69 Å². The molecule has 1 N–H and O–H groups in total. The third-order valence-electron chi connectivity index (χ3n) is 3.90. The predicted molar refractivity (Wildman–Crippen MR) is 104 cm³/mol. The summed E-state index contributed by atoms with van der Waals surface area (Å²) in [6.45, 7) is 0.0256. The zero-order valence-corrected chi connectivity index (χ0v) is 14.9. The second kappa shape index (κ2) is 7.47. The Hall–Kier alpha value is -3.38. The quantitative estimate of drug-likeness (QED) is 0.554. The molecule has 0 saturated heterocycles. The minimum absolute atomic E-state index is 0.0256. The summed E-state index contributed by atoms with van der Waals surface area (Å²) in [6.07, 6.45) is 0. The van der Waals surface area contributed by atoms with Gasteiger partial charge in [-0.3, -0.25) is 4.79 Å². The Morgan fingerprint density at radius 2 is 1.81 bits per heavy atom. The van der Waals surface area contributed by atoms with Crippen LogP contribution in [0.5, 0.6) is 11.5 Å². The minimum atomic E-state index is -0.258. The SMILES string of the molecule is O=C(Cn1nnc2ccccc21)Nc1cc(Cl)ccc1Oc1ccccc1. The van der Waals surface area contributed by atoms with Gasteiger partial charge < -0.3 is 10.1 Å². The van der Waals surface area contributed by atoms with E-state index in [4.69, 9.17) is 16.3 Å². The monoisotopic (exact) mass is 378 g/mol. The fourth-order valence-corrected chi connectivity index (χ4v) is 2.84. The molecule has 1 heterocycles. The second-order valence-electron chi connectivity index (χ2n) is 5.84. The molecule has 0 radical (unpaired) electrons. The normalized spacial score (nSPS) is 10.7. The van der Waals surface area contributed by atoms with Crippen molar-refractivity contribution in [2.45, 2.75) is 6.54 Å². The highest BCUT2D eigenvalue weighted by Gasteiger charge is 2.12. The lowest BCUT2D eigenvalue weighted by Crippen LogP contribution is -2.19. The van der Waals surface area contributed by atoms with E-state index in [9.17, 15) is 4.79 Å². The van der Waals surface area contributed by atoms with E-state index in [1.807, 2.05) is 54.6 Å². The number of aromatic nitrogens is 3. The van der Waals surface area contributed by atoms with E-state index in [0.717, 1.165) is 11.0 Å². The molecule has 0 aliphatic heterocycles. The van der Waals surface area contributed by atoms with Crippen LogP contribution in [0.2, 0.25) is 5.02 Å². The fourth-order valence-electron chi connectivity index (χ4n) is 2.66. The highest BCUT2D eigenvalue weighted by molar-refractivity contribution is 6.31. The summed E-state index contributed by atoms with van der Waals surface area (Å²) in [5.41, 5.74) is 2.02. The van der Waals surface area contributed by atoms with Crippen molar-refractivity contribution >= 4 is 34.2 Å². The second-order valence-corrected chi connectivity index (χ2v) is 6.28. The molecule has 134 valence electrons. The Balaban J connectivity index is 1.54. The van der Waals surface area contributed by atoms with Crippen LogP contribution in [-0.4, -0.2) is 20.9 Å². The number of rotatable bonds is 5. The molecule has 0 aliphatic carbocycles. The van der Waals surface area contributed by atoms with Crippen molar-refractivity contribution in [3.63, 3.8) is 0 Å². The number of hydrogen-bond donors (Lipinski definition) is 1. The number of nitrogens with one attached hydrogen (secondary N) is 1.